The second-order valence-electron chi connectivity index (χ2n) is 9.09. The van der Waals surface area contributed by atoms with Crippen molar-refractivity contribution in [2.75, 3.05) is 0 Å². The molecule has 0 fully saturated rings. The fraction of sp³-hybridized carbons (Fsp3) is 0.632. The second-order valence-corrected chi connectivity index (χ2v) is 9.09. The number of hydroxylamine groups is 2. The topological polar surface area (TPSA) is 40.5 Å². The first kappa shape index (κ1) is 18.7. The van der Waals surface area contributed by atoms with Gasteiger partial charge in [-0.05, 0) is 43.3 Å². The maximum Gasteiger partial charge on any atom is 0.191 e. The molecule has 3 heteroatoms. The molecule has 0 aliphatic heterocycles. The molecule has 0 bridgehead atoms. The van der Waals surface area contributed by atoms with E-state index >= 15 is 0 Å². The van der Waals surface area contributed by atoms with E-state index in [9.17, 15) is 10.0 Å². The number of hydrogen-bond acceptors (Lipinski definition) is 3. The highest BCUT2D eigenvalue weighted by Gasteiger charge is 2.32. The van der Waals surface area contributed by atoms with Gasteiger partial charge in [0.1, 0.15) is 0 Å². The lowest BCUT2D eigenvalue weighted by atomic mass is 9.73. The minimum atomic E-state index is -0.452. The Morgan fingerprint density at radius 2 is 1.41 bits per heavy atom. The van der Waals surface area contributed by atoms with Crippen molar-refractivity contribution in [1.82, 2.24) is 5.06 Å². The Labute approximate surface area is 135 Å². The van der Waals surface area contributed by atoms with E-state index in [0.717, 1.165) is 16.2 Å². The molecular formula is C19H31NO2. The van der Waals surface area contributed by atoms with Gasteiger partial charge < -0.3 is 0 Å². The van der Waals surface area contributed by atoms with Crippen molar-refractivity contribution in [3.8, 4) is 0 Å². The molecule has 22 heavy (non-hydrogen) atoms. The summed E-state index contributed by atoms with van der Waals surface area (Å²) in [6.07, 6.45) is 5.46. The Morgan fingerprint density at radius 3 is 1.77 bits per heavy atom. The maximum absolute atomic E-state index is 12.8. The largest absolute Gasteiger partial charge is 0.289 e. The summed E-state index contributed by atoms with van der Waals surface area (Å²) in [5.41, 5.74) is 1.68. The van der Waals surface area contributed by atoms with E-state index < -0.39 is 5.54 Å². The second kappa shape index (κ2) is 5.69. The quantitative estimate of drug-likeness (QED) is 0.554. The number of carbonyl (C=O) groups is 1. The van der Waals surface area contributed by atoms with Gasteiger partial charge in [-0.2, -0.15) is 0 Å². The maximum atomic E-state index is 12.8. The third kappa shape index (κ3) is 4.33. The molecule has 3 nitrogen and oxygen atoms in total. The van der Waals surface area contributed by atoms with Gasteiger partial charge in [-0.25, -0.2) is 0 Å². The van der Waals surface area contributed by atoms with Crippen molar-refractivity contribution < 1.29 is 10.0 Å². The molecule has 1 rings (SSSR count). The minimum absolute atomic E-state index is 0.0104. The summed E-state index contributed by atoms with van der Waals surface area (Å²) in [7, 11) is 0. The molecule has 0 spiro atoms. The average molecular weight is 305 g/mol. The highest BCUT2D eigenvalue weighted by molar-refractivity contribution is 6.12. The monoisotopic (exact) mass is 305 g/mol. The van der Waals surface area contributed by atoms with Gasteiger partial charge in [0, 0.05) is 17.3 Å². The van der Waals surface area contributed by atoms with Crippen LogP contribution in [0.4, 0.5) is 0 Å². The smallest absolute Gasteiger partial charge is 0.191 e. The number of allylic oxidation sites excluding steroid dienone is 5. The van der Waals surface area contributed by atoms with Gasteiger partial charge in [-0.3, -0.25) is 15.1 Å². The van der Waals surface area contributed by atoms with Crippen LogP contribution in [0.1, 0.15) is 62.3 Å². The Hall–Kier alpha value is -1.35. The highest BCUT2D eigenvalue weighted by Crippen LogP contribution is 2.38. The van der Waals surface area contributed by atoms with Crippen molar-refractivity contribution in [3.05, 3.63) is 35.1 Å². The van der Waals surface area contributed by atoms with Crippen molar-refractivity contribution >= 4 is 5.78 Å². The molecule has 0 aromatic rings. The first-order valence-electron chi connectivity index (χ1n) is 7.83. The molecule has 1 aliphatic rings. The summed E-state index contributed by atoms with van der Waals surface area (Å²) in [5, 5.41) is 11.3. The van der Waals surface area contributed by atoms with Gasteiger partial charge in [-0.1, -0.05) is 47.6 Å². The van der Waals surface area contributed by atoms with Crippen molar-refractivity contribution in [1.29, 1.82) is 0 Å². The number of rotatable bonds is 1. The van der Waals surface area contributed by atoms with Gasteiger partial charge in [0.15, 0.2) is 5.78 Å². The summed E-state index contributed by atoms with van der Waals surface area (Å²) >= 11 is 0. The third-order valence-electron chi connectivity index (χ3n) is 3.74. The molecule has 0 aromatic heterocycles. The molecular weight excluding hydrogens is 274 g/mol. The van der Waals surface area contributed by atoms with Crippen LogP contribution in [-0.2, 0) is 4.79 Å². The van der Waals surface area contributed by atoms with Crippen molar-refractivity contribution in [2.24, 2.45) is 10.8 Å². The van der Waals surface area contributed by atoms with E-state index in [-0.39, 0.29) is 16.6 Å². The van der Waals surface area contributed by atoms with Gasteiger partial charge >= 0.3 is 0 Å². The van der Waals surface area contributed by atoms with E-state index in [1.54, 1.807) is 6.20 Å². The number of ketones is 1. The zero-order chi connectivity index (χ0) is 17.5. The molecule has 1 N–H and O–H groups in total. The number of carbonyl (C=O) groups excluding carboxylic acids is 1. The zero-order valence-corrected chi connectivity index (χ0v) is 15.5. The lowest BCUT2D eigenvalue weighted by molar-refractivity contribution is -0.117. The van der Waals surface area contributed by atoms with Crippen molar-refractivity contribution in [3.63, 3.8) is 0 Å². The van der Waals surface area contributed by atoms with Crippen LogP contribution in [0.3, 0.4) is 0 Å². The van der Waals surface area contributed by atoms with Crippen LogP contribution < -0.4 is 0 Å². The molecule has 0 saturated carbocycles. The molecule has 0 atom stereocenters. The van der Waals surface area contributed by atoms with Crippen molar-refractivity contribution in [2.45, 2.75) is 67.9 Å². The third-order valence-corrected chi connectivity index (χ3v) is 3.74. The molecule has 0 aromatic carbocycles. The van der Waals surface area contributed by atoms with E-state index in [2.05, 4.69) is 20.8 Å². The van der Waals surface area contributed by atoms with Gasteiger partial charge in [0.05, 0.1) is 5.54 Å². The van der Waals surface area contributed by atoms with E-state index in [1.165, 1.54) is 0 Å². The van der Waals surface area contributed by atoms with Crippen LogP contribution in [0.2, 0.25) is 0 Å². The number of Topliss-reactive ketones (excluding diaryl/α,β-unsaturated/α-hetero) is 1. The predicted molar refractivity (Wildman–Crippen MR) is 91.5 cm³/mol. The van der Waals surface area contributed by atoms with Crippen LogP contribution >= 0.6 is 0 Å². The number of nitrogens with zero attached hydrogens (tertiary/aromatic N) is 1. The first-order valence-corrected chi connectivity index (χ1v) is 7.83. The fourth-order valence-electron chi connectivity index (χ4n) is 2.06. The van der Waals surface area contributed by atoms with E-state index in [0.29, 0.717) is 5.57 Å². The lowest BCUT2D eigenvalue weighted by Crippen LogP contribution is -2.35. The summed E-state index contributed by atoms with van der Waals surface area (Å²) < 4.78 is 0. The van der Waals surface area contributed by atoms with Crippen LogP contribution in [0.15, 0.2) is 35.1 Å². The van der Waals surface area contributed by atoms with Crippen LogP contribution in [0.5, 0.6) is 0 Å². The Kier molecular flexibility index (Phi) is 4.84. The van der Waals surface area contributed by atoms with E-state index in [1.807, 2.05) is 53.7 Å². The minimum Gasteiger partial charge on any atom is -0.289 e. The summed E-state index contributed by atoms with van der Waals surface area (Å²) in [6, 6.07) is 0. The molecule has 0 amide bonds. The standard InChI is InChI=1S/C19H31NO2/c1-17(2,3)14-10-13(12-20(22)19(7,8)9)16(21)15(11-14)18(4,5)6/h10-12,22H,1-9H3/b13-12-. The Bertz CT molecular complexity index is 543. The summed E-state index contributed by atoms with van der Waals surface area (Å²) in [5.74, 6) is -0.0104. The summed E-state index contributed by atoms with van der Waals surface area (Å²) in [4.78, 5) is 12.8. The normalized spacial score (nSPS) is 19.2. The predicted octanol–water partition coefficient (Wildman–Crippen LogP) is 4.89. The number of hydrogen-bond donors (Lipinski definition) is 1. The van der Waals surface area contributed by atoms with Crippen LogP contribution in [0, 0.1) is 10.8 Å². The van der Waals surface area contributed by atoms with Crippen LogP contribution in [0.25, 0.3) is 0 Å². The zero-order valence-electron chi connectivity index (χ0n) is 15.5. The average Bonchev–Trinajstić information content (AvgIpc) is 2.27. The van der Waals surface area contributed by atoms with Gasteiger partial charge in [0.25, 0.3) is 0 Å². The Balaban J connectivity index is 3.43. The fourth-order valence-corrected chi connectivity index (χ4v) is 2.06. The molecule has 0 unspecified atom stereocenters. The van der Waals surface area contributed by atoms with Gasteiger partial charge in [0.2, 0.25) is 0 Å². The molecule has 0 saturated heterocycles. The molecule has 0 heterocycles. The molecule has 0 radical (unpaired) electrons. The van der Waals surface area contributed by atoms with E-state index in [4.69, 9.17) is 0 Å². The first-order chi connectivity index (χ1) is 9.64. The van der Waals surface area contributed by atoms with Crippen LogP contribution in [-0.4, -0.2) is 21.6 Å². The lowest BCUT2D eigenvalue weighted by Gasteiger charge is -2.32. The molecule has 124 valence electrons. The highest BCUT2D eigenvalue weighted by atomic mass is 16.5. The Morgan fingerprint density at radius 1 is 0.909 bits per heavy atom. The van der Waals surface area contributed by atoms with Gasteiger partial charge in [-0.15, -0.1) is 0 Å². The SMILES string of the molecule is CC(C)(C)C1=C/C(=C/N(O)C(C)(C)C)C(=O)C(C(C)(C)C)=C1. The molecule has 1 aliphatic carbocycles. The summed E-state index contributed by atoms with van der Waals surface area (Å²) in [6.45, 7) is 18.2.